The van der Waals surface area contributed by atoms with Crippen LogP contribution in [0.4, 0.5) is 14.5 Å². The molecule has 0 bridgehead atoms. The Kier molecular flexibility index (Phi) is 4.28. The van der Waals surface area contributed by atoms with Crippen molar-refractivity contribution in [1.29, 1.82) is 0 Å². The molecule has 3 nitrogen and oxygen atoms in total. The average Bonchev–Trinajstić information content (AvgIpc) is 2.18. The summed E-state index contributed by atoms with van der Waals surface area (Å²) in [6.45, 7) is 2.18. The molecule has 17 heavy (non-hydrogen) atoms. The van der Waals surface area contributed by atoms with Crippen LogP contribution in [0, 0.1) is 0 Å². The van der Waals surface area contributed by atoms with Gasteiger partial charge < -0.3 is 15.2 Å². The summed E-state index contributed by atoms with van der Waals surface area (Å²) in [7, 11) is 0. The summed E-state index contributed by atoms with van der Waals surface area (Å²) < 4.78 is 28.7. The van der Waals surface area contributed by atoms with Crippen LogP contribution in [-0.4, -0.2) is 23.4 Å². The zero-order valence-corrected chi connectivity index (χ0v) is 10.1. The molecule has 0 spiro atoms. The number of anilines is 1. The number of aliphatic hydroxyl groups is 1. The normalized spacial score (nSPS) is 13.6. The molecule has 0 aromatic heterocycles. The van der Waals surface area contributed by atoms with Gasteiger partial charge in [-0.15, -0.1) is 0 Å². The number of hydrogen-bond donors (Lipinski definition) is 2. The first-order valence-electron chi connectivity index (χ1n) is 5.33. The third-order valence-corrected chi connectivity index (χ3v) is 2.53. The van der Waals surface area contributed by atoms with Crippen LogP contribution in [0.5, 0.6) is 5.75 Å². The van der Waals surface area contributed by atoms with Gasteiger partial charge in [0.1, 0.15) is 5.75 Å². The van der Waals surface area contributed by atoms with Gasteiger partial charge in [-0.3, -0.25) is 0 Å². The second-order valence-corrected chi connectivity index (χ2v) is 4.39. The number of rotatable bonds is 5. The van der Waals surface area contributed by atoms with Gasteiger partial charge in [-0.25, -0.2) is 0 Å². The Morgan fingerprint density at radius 3 is 2.41 bits per heavy atom. The summed E-state index contributed by atoms with van der Waals surface area (Å²) in [5.41, 5.74) is -0.528. The molecule has 1 aromatic rings. The molecule has 0 aliphatic heterocycles. The summed E-state index contributed by atoms with van der Waals surface area (Å²) >= 11 is 0. The lowest BCUT2D eigenvalue weighted by Crippen LogP contribution is -2.39. The van der Waals surface area contributed by atoms with Gasteiger partial charge in [0.2, 0.25) is 0 Å². The standard InChI is InChI=1S/C12H17F2NO2/c1-8(12(2,3)16)15-9-6-4-5-7-10(9)17-11(13)14/h4-8,11,15-16H,1-3H3. The predicted molar refractivity (Wildman–Crippen MR) is 62.5 cm³/mol. The van der Waals surface area contributed by atoms with Gasteiger partial charge in [-0.2, -0.15) is 8.78 Å². The quantitative estimate of drug-likeness (QED) is 0.838. The molecule has 0 heterocycles. The molecular formula is C12H17F2NO2. The van der Waals surface area contributed by atoms with Crippen molar-refractivity contribution in [1.82, 2.24) is 0 Å². The third kappa shape index (κ3) is 4.19. The summed E-state index contributed by atoms with van der Waals surface area (Å²) in [6, 6.07) is 6.09. The molecule has 0 saturated heterocycles. The summed E-state index contributed by atoms with van der Waals surface area (Å²) in [5, 5.41) is 12.7. The van der Waals surface area contributed by atoms with Crippen LogP contribution in [0.3, 0.4) is 0 Å². The van der Waals surface area contributed by atoms with E-state index in [0.717, 1.165) is 0 Å². The highest BCUT2D eigenvalue weighted by Crippen LogP contribution is 2.27. The number of para-hydroxylation sites is 2. The molecule has 0 amide bonds. The van der Waals surface area contributed by atoms with Crippen LogP contribution < -0.4 is 10.1 Å². The van der Waals surface area contributed by atoms with Crippen LogP contribution in [0.25, 0.3) is 0 Å². The topological polar surface area (TPSA) is 41.5 Å². The van der Waals surface area contributed by atoms with Crippen molar-refractivity contribution in [3.05, 3.63) is 24.3 Å². The van der Waals surface area contributed by atoms with E-state index in [4.69, 9.17) is 0 Å². The SMILES string of the molecule is CC(Nc1ccccc1OC(F)F)C(C)(C)O. The van der Waals surface area contributed by atoms with Crippen molar-refractivity contribution in [2.24, 2.45) is 0 Å². The van der Waals surface area contributed by atoms with Crippen molar-refractivity contribution in [3.63, 3.8) is 0 Å². The summed E-state index contributed by atoms with van der Waals surface area (Å²) in [4.78, 5) is 0. The van der Waals surface area contributed by atoms with Gasteiger partial charge >= 0.3 is 6.61 Å². The van der Waals surface area contributed by atoms with Gasteiger partial charge in [0.25, 0.3) is 0 Å². The third-order valence-electron chi connectivity index (χ3n) is 2.53. The zero-order chi connectivity index (χ0) is 13.1. The Balaban J connectivity index is 2.83. The zero-order valence-electron chi connectivity index (χ0n) is 10.1. The van der Waals surface area contributed by atoms with Gasteiger partial charge in [-0.1, -0.05) is 12.1 Å². The highest BCUT2D eigenvalue weighted by Gasteiger charge is 2.23. The molecular weight excluding hydrogens is 228 g/mol. The van der Waals surface area contributed by atoms with Crippen LogP contribution >= 0.6 is 0 Å². The van der Waals surface area contributed by atoms with E-state index in [1.807, 2.05) is 0 Å². The largest absolute Gasteiger partial charge is 0.433 e. The first-order valence-corrected chi connectivity index (χ1v) is 5.33. The van der Waals surface area contributed by atoms with Gasteiger partial charge in [0.15, 0.2) is 0 Å². The van der Waals surface area contributed by atoms with Crippen LogP contribution in [0.2, 0.25) is 0 Å². The fourth-order valence-corrected chi connectivity index (χ4v) is 1.19. The second kappa shape index (κ2) is 5.31. The Labute approximate surface area is 99.4 Å². The van der Waals surface area contributed by atoms with E-state index in [-0.39, 0.29) is 11.8 Å². The molecule has 5 heteroatoms. The number of ether oxygens (including phenoxy) is 1. The number of alkyl halides is 2. The molecule has 96 valence electrons. The molecule has 1 rings (SSSR count). The van der Waals surface area contributed by atoms with Crippen molar-refractivity contribution in [2.75, 3.05) is 5.32 Å². The Bertz CT molecular complexity index is 364. The van der Waals surface area contributed by atoms with Crippen molar-refractivity contribution in [3.8, 4) is 5.75 Å². The van der Waals surface area contributed by atoms with E-state index in [2.05, 4.69) is 10.1 Å². The average molecular weight is 245 g/mol. The van der Waals surface area contributed by atoms with E-state index in [0.29, 0.717) is 5.69 Å². The second-order valence-electron chi connectivity index (χ2n) is 4.39. The maximum absolute atomic E-state index is 12.2. The van der Waals surface area contributed by atoms with Crippen molar-refractivity contribution in [2.45, 2.75) is 39.0 Å². The maximum atomic E-state index is 12.2. The smallest absolute Gasteiger partial charge is 0.387 e. The first-order chi connectivity index (χ1) is 7.80. The fourth-order valence-electron chi connectivity index (χ4n) is 1.19. The Morgan fingerprint density at radius 2 is 1.88 bits per heavy atom. The molecule has 2 N–H and O–H groups in total. The minimum absolute atomic E-state index is 0.0681. The van der Waals surface area contributed by atoms with E-state index in [9.17, 15) is 13.9 Å². The monoisotopic (exact) mass is 245 g/mol. The summed E-state index contributed by atoms with van der Waals surface area (Å²) in [6.07, 6.45) is 0. The Hall–Kier alpha value is -1.36. The van der Waals surface area contributed by atoms with Gasteiger partial charge in [0.05, 0.1) is 17.3 Å². The minimum Gasteiger partial charge on any atom is -0.433 e. The van der Waals surface area contributed by atoms with Crippen molar-refractivity contribution >= 4 is 5.69 Å². The number of nitrogens with one attached hydrogen (secondary N) is 1. The number of halogens is 2. The maximum Gasteiger partial charge on any atom is 0.387 e. The summed E-state index contributed by atoms with van der Waals surface area (Å²) in [5.74, 6) is 0.0681. The van der Waals surface area contributed by atoms with Crippen LogP contribution in [0.15, 0.2) is 24.3 Å². The molecule has 1 atom stereocenters. The van der Waals surface area contributed by atoms with E-state index in [1.165, 1.54) is 6.07 Å². The van der Waals surface area contributed by atoms with Crippen molar-refractivity contribution < 1.29 is 18.6 Å². The van der Waals surface area contributed by atoms with E-state index in [1.54, 1.807) is 39.0 Å². The molecule has 0 aliphatic rings. The number of benzene rings is 1. The highest BCUT2D eigenvalue weighted by molar-refractivity contribution is 5.57. The lowest BCUT2D eigenvalue weighted by atomic mass is 10.0. The molecule has 1 unspecified atom stereocenters. The van der Waals surface area contributed by atoms with E-state index < -0.39 is 12.2 Å². The minimum atomic E-state index is -2.87. The van der Waals surface area contributed by atoms with Crippen LogP contribution in [-0.2, 0) is 0 Å². The molecule has 0 saturated carbocycles. The lowest BCUT2D eigenvalue weighted by Gasteiger charge is -2.28. The lowest BCUT2D eigenvalue weighted by molar-refractivity contribution is -0.0494. The van der Waals surface area contributed by atoms with Crippen LogP contribution in [0.1, 0.15) is 20.8 Å². The highest BCUT2D eigenvalue weighted by atomic mass is 19.3. The Morgan fingerprint density at radius 1 is 1.29 bits per heavy atom. The van der Waals surface area contributed by atoms with Gasteiger partial charge in [-0.05, 0) is 32.9 Å². The van der Waals surface area contributed by atoms with Gasteiger partial charge in [0, 0.05) is 0 Å². The molecule has 0 aliphatic carbocycles. The van der Waals surface area contributed by atoms with E-state index >= 15 is 0 Å². The fraction of sp³-hybridized carbons (Fsp3) is 0.500. The predicted octanol–water partition coefficient (Wildman–Crippen LogP) is 2.86. The molecule has 1 aromatic carbocycles. The molecule has 0 fully saturated rings. The molecule has 0 radical (unpaired) electrons. The number of hydrogen-bond acceptors (Lipinski definition) is 3. The first kappa shape index (κ1) is 13.7.